The van der Waals surface area contributed by atoms with Crippen molar-refractivity contribution in [1.82, 2.24) is 19.9 Å². The molecule has 1 atom stereocenters. The number of imidazole rings is 1. The van der Waals surface area contributed by atoms with Crippen molar-refractivity contribution in [2.24, 2.45) is 5.92 Å². The summed E-state index contributed by atoms with van der Waals surface area (Å²) < 4.78 is 7.41. The molecule has 2 aliphatic heterocycles. The van der Waals surface area contributed by atoms with E-state index in [9.17, 15) is 4.79 Å². The van der Waals surface area contributed by atoms with Gasteiger partial charge in [0.2, 0.25) is 5.91 Å². The Morgan fingerprint density at radius 2 is 2.22 bits per heavy atom. The van der Waals surface area contributed by atoms with Crippen LogP contribution in [0, 0.1) is 5.92 Å². The maximum atomic E-state index is 11.4. The minimum atomic E-state index is 0.111. The van der Waals surface area contributed by atoms with E-state index in [4.69, 9.17) is 16.3 Å². The number of pyridine rings is 1. The van der Waals surface area contributed by atoms with Crippen LogP contribution in [0.15, 0.2) is 12.4 Å². The number of morpholine rings is 1. The van der Waals surface area contributed by atoms with E-state index in [0.717, 1.165) is 29.9 Å². The Bertz CT molecular complexity index is 741. The molecule has 0 bridgehead atoms. The third-order valence-electron chi connectivity index (χ3n) is 4.39. The molecule has 2 aromatic heterocycles. The number of rotatable bonds is 3. The molecule has 0 saturated carbocycles. The largest absolute Gasteiger partial charge is 0.378 e. The topological polar surface area (TPSA) is 72.3 Å². The molecule has 2 aliphatic rings. The minimum Gasteiger partial charge on any atom is -0.378 e. The van der Waals surface area contributed by atoms with Crippen molar-refractivity contribution in [3.05, 3.63) is 17.5 Å². The summed E-state index contributed by atoms with van der Waals surface area (Å²) in [5, 5.41) is 3.32. The predicted octanol–water partition coefficient (Wildman–Crippen LogP) is 1.06. The molecule has 0 radical (unpaired) electrons. The van der Waals surface area contributed by atoms with Gasteiger partial charge in [-0.15, -0.1) is 0 Å². The molecule has 0 aliphatic carbocycles. The fourth-order valence-electron chi connectivity index (χ4n) is 3.24. The Labute approximate surface area is 138 Å². The predicted molar refractivity (Wildman–Crippen MR) is 86.7 cm³/mol. The van der Waals surface area contributed by atoms with Crippen molar-refractivity contribution >= 4 is 34.4 Å². The van der Waals surface area contributed by atoms with E-state index in [-0.39, 0.29) is 11.8 Å². The van der Waals surface area contributed by atoms with Gasteiger partial charge in [-0.2, -0.15) is 0 Å². The van der Waals surface area contributed by atoms with Crippen LogP contribution in [0.4, 0.5) is 5.69 Å². The lowest BCUT2D eigenvalue weighted by Crippen LogP contribution is -2.36. The number of hydrogen-bond donors (Lipinski definition) is 1. The van der Waals surface area contributed by atoms with E-state index >= 15 is 0 Å². The Hall–Kier alpha value is -1.86. The Kier molecular flexibility index (Phi) is 3.82. The SMILES string of the molecule is O=C1C[C@@H](Cn2cnc3c(N4CCOCC4)cc(Cl)nc32)CN1. The van der Waals surface area contributed by atoms with Crippen LogP contribution in [0.2, 0.25) is 5.15 Å². The second kappa shape index (κ2) is 5.98. The zero-order chi connectivity index (χ0) is 15.8. The van der Waals surface area contributed by atoms with Crippen LogP contribution in [0.3, 0.4) is 0 Å². The first-order chi connectivity index (χ1) is 11.2. The lowest BCUT2D eigenvalue weighted by atomic mass is 10.1. The van der Waals surface area contributed by atoms with Crippen LogP contribution in [0.5, 0.6) is 0 Å². The van der Waals surface area contributed by atoms with Crippen LogP contribution >= 0.6 is 11.6 Å². The van der Waals surface area contributed by atoms with Crippen LogP contribution in [0.1, 0.15) is 6.42 Å². The molecule has 1 amide bonds. The number of carbonyl (C=O) groups excluding carboxylic acids is 1. The fraction of sp³-hybridized carbons (Fsp3) is 0.533. The monoisotopic (exact) mass is 335 g/mol. The molecule has 4 heterocycles. The van der Waals surface area contributed by atoms with E-state index < -0.39 is 0 Å². The highest BCUT2D eigenvalue weighted by molar-refractivity contribution is 6.30. The molecule has 4 rings (SSSR count). The van der Waals surface area contributed by atoms with E-state index in [1.165, 1.54) is 0 Å². The van der Waals surface area contributed by atoms with Gasteiger partial charge in [0.1, 0.15) is 10.7 Å². The smallest absolute Gasteiger partial charge is 0.220 e. The van der Waals surface area contributed by atoms with Crippen LogP contribution < -0.4 is 10.2 Å². The molecule has 8 heteroatoms. The van der Waals surface area contributed by atoms with Crippen molar-refractivity contribution in [2.45, 2.75) is 13.0 Å². The Morgan fingerprint density at radius 3 is 2.96 bits per heavy atom. The molecule has 2 aromatic rings. The zero-order valence-corrected chi connectivity index (χ0v) is 13.4. The normalized spacial score (nSPS) is 21.9. The van der Waals surface area contributed by atoms with Gasteiger partial charge in [-0.3, -0.25) is 4.79 Å². The Balaban J connectivity index is 1.68. The van der Waals surface area contributed by atoms with E-state index in [1.54, 1.807) is 6.33 Å². The van der Waals surface area contributed by atoms with Crippen LogP contribution in [-0.4, -0.2) is 53.3 Å². The van der Waals surface area contributed by atoms with Crippen LogP contribution in [-0.2, 0) is 16.1 Å². The van der Waals surface area contributed by atoms with Gasteiger partial charge in [-0.1, -0.05) is 11.6 Å². The molecule has 0 unspecified atom stereocenters. The summed E-state index contributed by atoms with van der Waals surface area (Å²) in [5.41, 5.74) is 2.63. The quantitative estimate of drug-likeness (QED) is 0.849. The highest BCUT2D eigenvalue weighted by Gasteiger charge is 2.24. The molecule has 0 spiro atoms. The van der Waals surface area contributed by atoms with Crippen molar-refractivity contribution in [3.8, 4) is 0 Å². The summed E-state index contributed by atoms with van der Waals surface area (Å²) in [6.07, 6.45) is 2.34. The molecule has 122 valence electrons. The number of nitrogens with zero attached hydrogens (tertiary/aromatic N) is 4. The number of ether oxygens (including phenoxy) is 1. The highest BCUT2D eigenvalue weighted by atomic mass is 35.5. The first-order valence-electron chi connectivity index (χ1n) is 7.81. The maximum absolute atomic E-state index is 11.4. The fourth-order valence-corrected chi connectivity index (χ4v) is 3.42. The van der Waals surface area contributed by atoms with Gasteiger partial charge in [0.25, 0.3) is 0 Å². The third kappa shape index (κ3) is 2.86. The van der Waals surface area contributed by atoms with Crippen LogP contribution in [0.25, 0.3) is 11.2 Å². The number of carbonyl (C=O) groups is 1. The van der Waals surface area contributed by atoms with Gasteiger partial charge < -0.3 is 19.5 Å². The van der Waals surface area contributed by atoms with Crippen molar-refractivity contribution in [2.75, 3.05) is 37.7 Å². The zero-order valence-electron chi connectivity index (χ0n) is 12.7. The standard InChI is InChI=1S/C15H18ClN5O2/c16-12-6-11(20-1-3-23-4-2-20)14-15(19-12)21(9-18-14)8-10-5-13(22)17-7-10/h6,9-10H,1-5,7-8H2,(H,17,22)/t10-/m1/s1. The molecular weight excluding hydrogens is 318 g/mol. The lowest BCUT2D eigenvalue weighted by Gasteiger charge is -2.29. The summed E-state index contributed by atoms with van der Waals surface area (Å²) in [4.78, 5) is 22.6. The second-order valence-corrected chi connectivity index (χ2v) is 6.39. The minimum absolute atomic E-state index is 0.111. The van der Waals surface area contributed by atoms with E-state index in [2.05, 4.69) is 20.2 Å². The number of aromatic nitrogens is 3. The molecule has 7 nitrogen and oxygen atoms in total. The van der Waals surface area contributed by atoms with Gasteiger partial charge in [-0.25, -0.2) is 9.97 Å². The number of amides is 1. The number of hydrogen-bond acceptors (Lipinski definition) is 5. The lowest BCUT2D eigenvalue weighted by molar-refractivity contribution is -0.119. The number of fused-ring (bicyclic) bond motifs is 1. The van der Waals surface area contributed by atoms with E-state index in [0.29, 0.717) is 37.9 Å². The molecular formula is C15H18ClN5O2. The molecule has 0 aromatic carbocycles. The maximum Gasteiger partial charge on any atom is 0.220 e. The van der Waals surface area contributed by atoms with Crippen molar-refractivity contribution in [3.63, 3.8) is 0 Å². The second-order valence-electron chi connectivity index (χ2n) is 6.01. The van der Waals surface area contributed by atoms with Crippen molar-refractivity contribution in [1.29, 1.82) is 0 Å². The number of nitrogens with one attached hydrogen (secondary N) is 1. The van der Waals surface area contributed by atoms with Gasteiger partial charge in [-0.05, 0) is 0 Å². The summed E-state index contributed by atoms with van der Waals surface area (Å²) >= 11 is 6.24. The summed E-state index contributed by atoms with van der Waals surface area (Å²) in [6.45, 7) is 4.48. The molecule has 23 heavy (non-hydrogen) atoms. The molecule has 2 saturated heterocycles. The first kappa shape index (κ1) is 14.7. The first-order valence-corrected chi connectivity index (χ1v) is 8.19. The van der Waals surface area contributed by atoms with Crippen molar-refractivity contribution < 1.29 is 9.53 Å². The number of anilines is 1. The van der Waals surface area contributed by atoms with Gasteiger partial charge in [0.15, 0.2) is 5.65 Å². The van der Waals surface area contributed by atoms with Gasteiger partial charge in [0, 0.05) is 44.6 Å². The average molecular weight is 336 g/mol. The summed E-state index contributed by atoms with van der Waals surface area (Å²) in [5.74, 6) is 0.381. The average Bonchev–Trinajstić information content (AvgIpc) is 3.15. The van der Waals surface area contributed by atoms with Gasteiger partial charge in [0.05, 0.1) is 25.2 Å². The van der Waals surface area contributed by atoms with Gasteiger partial charge >= 0.3 is 0 Å². The summed E-state index contributed by atoms with van der Waals surface area (Å²) in [7, 11) is 0. The third-order valence-corrected chi connectivity index (χ3v) is 4.58. The number of halogens is 1. The summed E-state index contributed by atoms with van der Waals surface area (Å²) in [6, 6.07) is 1.87. The Morgan fingerprint density at radius 1 is 1.39 bits per heavy atom. The highest BCUT2D eigenvalue weighted by Crippen LogP contribution is 2.29. The van der Waals surface area contributed by atoms with E-state index in [1.807, 2.05) is 10.6 Å². The molecule has 2 fully saturated rings. The molecule has 1 N–H and O–H groups in total.